The van der Waals surface area contributed by atoms with Gasteiger partial charge in [0.2, 0.25) is 0 Å². The molecule has 11 heteroatoms. The molecule has 0 aromatic rings. The lowest BCUT2D eigenvalue weighted by Crippen LogP contribution is -2.59. The fraction of sp³-hybridized carbons (Fsp3) is 0.968. The second kappa shape index (κ2) is 24.5. The summed E-state index contributed by atoms with van der Waals surface area (Å²) in [7, 11) is -4.48. The van der Waals surface area contributed by atoms with Gasteiger partial charge in [-0.3, -0.25) is 9.35 Å². The van der Waals surface area contributed by atoms with E-state index in [1.165, 1.54) is 103 Å². The van der Waals surface area contributed by atoms with Crippen molar-refractivity contribution in [3.8, 4) is 0 Å². The number of unbranched alkanes of at least 4 members (excludes halogenated alkanes) is 18. The summed E-state index contributed by atoms with van der Waals surface area (Å²) in [6.07, 6.45) is 17.5. The van der Waals surface area contributed by atoms with Crippen molar-refractivity contribution in [1.29, 1.82) is 0 Å². The molecule has 0 saturated carbocycles. The maximum absolute atomic E-state index is 11.9. The highest BCUT2D eigenvalue weighted by molar-refractivity contribution is 7.85. The molecule has 250 valence electrons. The van der Waals surface area contributed by atoms with E-state index in [1.54, 1.807) is 0 Å². The number of rotatable bonds is 27. The van der Waals surface area contributed by atoms with Crippen molar-refractivity contribution in [2.75, 3.05) is 19.0 Å². The van der Waals surface area contributed by atoms with Gasteiger partial charge in [-0.25, -0.2) is 0 Å². The summed E-state index contributed by atoms with van der Waals surface area (Å²) in [5, 5.41) is 29.8. The monoisotopic (exact) mass is 624 g/mol. The predicted octanol–water partition coefficient (Wildman–Crippen LogP) is 5.45. The van der Waals surface area contributed by atoms with E-state index in [4.69, 9.17) is 18.8 Å². The number of carbonyl (C=O) groups excluding carboxylic acids is 1. The lowest BCUT2D eigenvalue weighted by Gasteiger charge is -2.39. The highest BCUT2D eigenvalue weighted by Crippen LogP contribution is 2.23. The number of esters is 1. The van der Waals surface area contributed by atoms with Gasteiger partial charge in [-0.15, -0.1) is 0 Å². The van der Waals surface area contributed by atoms with Crippen molar-refractivity contribution in [3.63, 3.8) is 0 Å². The number of aliphatic hydroxyl groups is 3. The first-order valence-corrected chi connectivity index (χ1v) is 18.2. The van der Waals surface area contributed by atoms with Crippen LogP contribution in [-0.4, -0.2) is 83.9 Å². The molecule has 0 aromatic carbocycles. The van der Waals surface area contributed by atoms with Crippen LogP contribution in [0.2, 0.25) is 0 Å². The molecule has 4 N–H and O–H groups in total. The third-order valence-corrected chi connectivity index (χ3v) is 8.61. The minimum absolute atomic E-state index is 0.00959. The highest BCUT2D eigenvalue weighted by atomic mass is 32.2. The third kappa shape index (κ3) is 20.2. The van der Waals surface area contributed by atoms with Gasteiger partial charge in [0.15, 0.2) is 6.29 Å². The first-order chi connectivity index (χ1) is 20.2. The lowest BCUT2D eigenvalue weighted by molar-refractivity contribution is -0.292. The van der Waals surface area contributed by atoms with Crippen LogP contribution in [0, 0.1) is 0 Å². The van der Waals surface area contributed by atoms with Crippen LogP contribution in [0.4, 0.5) is 0 Å². The van der Waals surface area contributed by atoms with Crippen molar-refractivity contribution in [2.24, 2.45) is 0 Å². The molecule has 1 fully saturated rings. The first-order valence-electron chi connectivity index (χ1n) is 16.6. The first kappa shape index (κ1) is 39.2. The number of carbonyl (C=O) groups is 1. The summed E-state index contributed by atoms with van der Waals surface area (Å²) in [4.78, 5) is 11.9. The minimum atomic E-state index is -4.48. The standard InChI is InChI=1S/C31H60O10S/c1-2-3-4-5-6-7-8-9-10-11-12-13-14-15-16-17-18-19-20-22-27(32)39-23-21-24-40-31-30(35)29(34)28(33)26(41-31)25-42(36,37)38/h26,28-31,33-35H,2-25H2,1H3,(H,36,37,38)/t26-,28-,29+,30-,31+/m1/s1. The quantitative estimate of drug-likeness (QED) is 0.0525. The van der Waals surface area contributed by atoms with Gasteiger partial charge in [-0.2, -0.15) is 8.42 Å². The largest absolute Gasteiger partial charge is 0.466 e. The average molecular weight is 625 g/mol. The SMILES string of the molecule is CCCCCCCCCCCCCCCCCCCCCC(=O)OCCCO[C@H]1O[C@H](CS(=O)(=O)O)[C@@H](O)[C@H](O)[C@H]1O. The Labute approximate surface area is 254 Å². The van der Waals surface area contributed by atoms with E-state index in [2.05, 4.69) is 6.92 Å². The molecule has 5 atom stereocenters. The molecule has 1 saturated heterocycles. The summed E-state index contributed by atoms with van der Waals surface area (Å²) in [5.74, 6) is -1.22. The highest BCUT2D eigenvalue weighted by Gasteiger charge is 2.45. The summed E-state index contributed by atoms with van der Waals surface area (Å²) < 4.78 is 46.9. The Morgan fingerprint density at radius 1 is 0.643 bits per heavy atom. The Hall–Kier alpha value is -0.820. The number of hydrogen-bond donors (Lipinski definition) is 4. The molecule has 0 radical (unpaired) electrons. The number of ether oxygens (including phenoxy) is 3. The molecule has 1 aliphatic rings. The van der Waals surface area contributed by atoms with Crippen molar-refractivity contribution in [2.45, 2.75) is 172 Å². The van der Waals surface area contributed by atoms with Gasteiger partial charge < -0.3 is 29.5 Å². The molecule has 0 bridgehead atoms. The molecule has 0 aliphatic carbocycles. The number of hydrogen-bond acceptors (Lipinski definition) is 9. The number of aliphatic hydroxyl groups excluding tert-OH is 3. The molecular weight excluding hydrogens is 564 g/mol. The molecule has 42 heavy (non-hydrogen) atoms. The zero-order valence-corrected chi connectivity index (χ0v) is 26.8. The maximum Gasteiger partial charge on any atom is 0.305 e. The van der Waals surface area contributed by atoms with Crippen molar-refractivity contribution in [3.05, 3.63) is 0 Å². The molecule has 10 nitrogen and oxygen atoms in total. The zero-order valence-electron chi connectivity index (χ0n) is 26.0. The van der Waals surface area contributed by atoms with Gasteiger partial charge in [0.25, 0.3) is 10.1 Å². The summed E-state index contributed by atoms with van der Waals surface area (Å²) >= 11 is 0. The van der Waals surface area contributed by atoms with Crippen molar-refractivity contribution >= 4 is 16.1 Å². The topological polar surface area (TPSA) is 160 Å². The van der Waals surface area contributed by atoms with Gasteiger partial charge in [-0.05, 0) is 6.42 Å². The summed E-state index contributed by atoms with van der Waals surface area (Å²) in [6.45, 7) is 2.39. The molecule has 1 rings (SSSR count). The van der Waals surface area contributed by atoms with Gasteiger partial charge in [0, 0.05) is 12.8 Å². The predicted molar refractivity (Wildman–Crippen MR) is 163 cm³/mol. The maximum atomic E-state index is 11.9. The summed E-state index contributed by atoms with van der Waals surface area (Å²) in [6, 6.07) is 0. The normalized spacial score (nSPS) is 22.8. The van der Waals surface area contributed by atoms with E-state index in [9.17, 15) is 28.5 Å². The van der Waals surface area contributed by atoms with E-state index in [1.807, 2.05) is 0 Å². The van der Waals surface area contributed by atoms with Gasteiger partial charge in [0.05, 0.1) is 13.2 Å². The van der Waals surface area contributed by atoms with Gasteiger partial charge in [-0.1, -0.05) is 122 Å². The molecule has 1 aliphatic heterocycles. The van der Waals surface area contributed by atoms with Crippen molar-refractivity contribution in [1.82, 2.24) is 0 Å². The minimum Gasteiger partial charge on any atom is -0.466 e. The van der Waals surface area contributed by atoms with E-state index in [-0.39, 0.29) is 19.2 Å². The fourth-order valence-electron chi connectivity index (χ4n) is 5.26. The Bertz CT molecular complexity index is 763. The van der Waals surface area contributed by atoms with Crippen LogP contribution in [0.3, 0.4) is 0 Å². The van der Waals surface area contributed by atoms with Crippen LogP contribution in [0.5, 0.6) is 0 Å². The molecule has 0 spiro atoms. The van der Waals surface area contributed by atoms with Gasteiger partial charge >= 0.3 is 5.97 Å². The Morgan fingerprint density at radius 2 is 1.10 bits per heavy atom. The van der Waals surface area contributed by atoms with Crippen LogP contribution in [0.15, 0.2) is 0 Å². The third-order valence-electron chi connectivity index (χ3n) is 7.86. The van der Waals surface area contributed by atoms with E-state index in [0.717, 1.165) is 19.3 Å². The average Bonchev–Trinajstić information content (AvgIpc) is 2.94. The molecular formula is C31H60O10S. The van der Waals surface area contributed by atoms with Crippen molar-refractivity contribution < 1.29 is 47.3 Å². The Morgan fingerprint density at radius 3 is 1.55 bits per heavy atom. The van der Waals surface area contributed by atoms with Crippen LogP contribution >= 0.6 is 0 Å². The van der Waals surface area contributed by atoms with E-state index < -0.39 is 46.6 Å². The zero-order chi connectivity index (χ0) is 31.1. The Kier molecular flexibility index (Phi) is 22.9. The molecule has 0 aromatic heterocycles. The molecule has 0 unspecified atom stereocenters. The smallest absolute Gasteiger partial charge is 0.305 e. The van der Waals surface area contributed by atoms with Crippen LogP contribution in [0.1, 0.15) is 142 Å². The molecule has 1 heterocycles. The Balaban J connectivity index is 1.90. The fourth-order valence-corrected chi connectivity index (χ4v) is 5.95. The van der Waals surface area contributed by atoms with E-state index >= 15 is 0 Å². The van der Waals surface area contributed by atoms with Crippen LogP contribution in [0.25, 0.3) is 0 Å². The summed E-state index contributed by atoms with van der Waals surface area (Å²) in [5.41, 5.74) is 0. The lowest BCUT2D eigenvalue weighted by atomic mass is 10.00. The van der Waals surface area contributed by atoms with E-state index in [0.29, 0.717) is 12.8 Å². The van der Waals surface area contributed by atoms with Gasteiger partial charge in [0.1, 0.15) is 30.2 Å². The van der Waals surface area contributed by atoms with Crippen LogP contribution < -0.4 is 0 Å². The second-order valence-electron chi connectivity index (χ2n) is 11.8. The molecule has 0 amide bonds. The second-order valence-corrected chi connectivity index (χ2v) is 13.3. The van der Waals surface area contributed by atoms with Crippen LogP contribution in [-0.2, 0) is 29.1 Å².